The highest BCUT2D eigenvalue weighted by Crippen LogP contribution is 2.43. The Kier molecular flexibility index (Phi) is 2.61. The summed E-state index contributed by atoms with van der Waals surface area (Å²) in [6, 6.07) is 7.57. The van der Waals surface area contributed by atoms with E-state index >= 15 is 0 Å². The topological polar surface area (TPSA) is 54.5 Å². The van der Waals surface area contributed by atoms with Gasteiger partial charge in [0.1, 0.15) is 0 Å². The van der Waals surface area contributed by atoms with Gasteiger partial charge in [0.2, 0.25) is 5.91 Å². The summed E-state index contributed by atoms with van der Waals surface area (Å²) in [5, 5.41) is 0. The summed E-state index contributed by atoms with van der Waals surface area (Å²) in [6.07, 6.45) is 2.38. The maximum absolute atomic E-state index is 12.5. The van der Waals surface area contributed by atoms with Crippen LogP contribution in [0.5, 0.6) is 0 Å². The molecule has 0 radical (unpaired) electrons. The molecule has 1 aromatic rings. The number of ketones is 2. The van der Waals surface area contributed by atoms with Crippen molar-refractivity contribution in [1.29, 1.82) is 0 Å². The third-order valence-corrected chi connectivity index (χ3v) is 4.67. The van der Waals surface area contributed by atoms with Crippen LogP contribution in [0.2, 0.25) is 0 Å². The zero-order valence-corrected chi connectivity index (χ0v) is 11.6. The predicted octanol–water partition coefficient (Wildman–Crippen LogP) is 2.09. The van der Waals surface area contributed by atoms with E-state index in [1.165, 1.54) is 0 Å². The Morgan fingerprint density at radius 2 is 1.81 bits per heavy atom. The van der Waals surface area contributed by atoms with Crippen LogP contribution < -0.4 is 0 Å². The summed E-state index contributed by atoms with van der Waals surface area (Å²) in [5.41, 5.74) is 3.02. The summed E-state index contributed by atoms with van der Waals surface area (Å²) in [5.74, 6) is -0.180. The minimum absolute atomic E-state index is 0.00778. The van der Waals surface area contributed by atoms with Gasteiger partial charge in [-0.2, -0.15) is 0 Å². The number of allylic oxidation sites excluding steroid dienone is 2. The van der Waals surface area contributed by atoms with Gasteiger partial charge in [0, 0.05) is 18.5 Å². The number of Topliss-reactive ketones (excluding diaryl/α,β-unsaturated/α-hetero) is 2. The minimum atomic E-state index is -0.223. The van der Waals surface area contributed by atoms with Gasteiger partial charge < -0.3 is 4.90 Å². The molecule has 1 unspecified atom stereocenters. The van der Waals surface area contributed by atoms with Gasteiger partial charge in [-0.25, -0.2) is 0 Å². The van der Waals surface area contributed by atoms with E-state index in [1.807, 2.05) is 24.3 Å². The molecule has 21 heavy (non-hydrogen) atoms. The molecule has 0 N–H and O–H groups in total. The van der Waals surface area contributed by atoms with Crippen molar-refractivity contribution in [3.05, 3.63) is 46.7 Å². The van der Waals surface area contributed by atoms with Crippen molar-refractivity contribution < 1.29 is 14.4 Å². The fraction of sp³-hybridized carbons (Fsp3) is 0.353. The van der Waals surface area contributed by atoms with Gasteiger partial charge in [0.15, 0.2) is 11.6 Å². The number of carbonyl (C=O) groups is 3. The Balaban J connectivity index is 1.90. The van der Waals surface area contributed by atoms with Gasteiger partial charge >= 0.3 is 0 Å². The van der Waals surface area contributed by atoms with Crippen molar-refractivity contribution >= 4 is 17.5 Å². The Bertz CT molecular complexity index is 717. The summed E-state index contributed by atoms with van der Waals surface area (Å²) in [4.78, 5) is 38.7. The number of hydrogen-bond donors (Lipinski definition) is 0. The smallest absolute Gasteiger partial charge is 0.231 e. The largest absolute Gasteiger partial charge is 0.307 e. The monoisotopic (exact) mass is 281 g/mol. The molecule has 0 saturated heterocycles. The Morgan fingerprint density at radius 3 is 2.67 bits per heavy atom. The lowest BCUT2D eigenvalue weighted by Crippen LogP contribution is -2.46. The number of nitrogens with zero attached hydrogens (tertiary/aromatic N) is 1. The molecule has 4 heteroatoms. The molecule has 1 aromatic carbocycles. The van der Waals surface area contributed by atoms with Crippen molar-refractivity contribution in [2.45, 2.75) is 38.1 Å². The molecular weight excluding hydrogens is 266 g/mol. The van der Waals surface area contributed by atoms with Crippen molar-refractivity contribution in [2.24, 2.45) is 0 Å². The van der Waals surface area contributed by atoms with Crippen LogP contribution in [-0.4, -0.2) is 22.4 Å². The Morgan fingerprint density at radius 1 is 1.00 bits per heavy atom. The third kappa shape index (κ3) is 1.71. The number of rotatable bonds is 0. The standard InChI is InChI=1S/C17H15NO3/c19-14-7-3-6-12-17(14)15(20)9-13-11-5-2-1-4-10(11)8-16(21)18(12)13/h1-2,4-5,13H,3,6-9H2. The van der Waals surface area contributed by atoms with Gasteiger partial charge in [-0.15, -0.1) is 0 Å². The van der Waals surface area contributed by atoms with E-state index in [1.54, 1.807) is 4.90 Å². The van der Waals surface area contributed by atoms with Crippen LogP contribution in [0.15, 0.2) is 35.5 Å². The zero-order chi connectivity index (χ0) is 14.6. The predicted molar refractivity (Wildman–Crippen MR) is 75.2 cm³/mol. The number of hydrogen-bond acceptors (Lipinski definition) is 3. The van der Waals surface area contributed by atoms with Crippen LogP contribution in [0.1, 0.15) is 42.9 Å². The molecule has 1 atom stereocenters. The molecule has 0 fully saturated rings. The first kappa shape index (κ1) is 12.5. The second-order valence-electron chi connectivity index (χ2n) is 5.88. The molecule has 106 valence electrons. The van der Waals surface area contributed by atoms with Crippen molar-refractivity contribution in [1.82, 2.24) is 4.90 Å². The van der Waals surface area contributed by atoms with E-state index in [2.05, 4.69) is 0 Å². The van der Waals surface area contributed by atoms with Gasteiger partial charge in [-0.3, -0.25) is 14.4 Å². The van der Waals surface area contributed by atoms with Gasteiger partial charge in [-0.1, -0.05) is 24.3 Å². The molecule has 0 aromatic heterocycles. The first-order valence-corrected chi connectivity index (χ1v) is 7.36. The van der Waals surface area contributed by atoms with E-state index in [0.29, 0.717) is 30.5 Å². The second kappa shape index (κ2) is 4.38. The fourth-order valence-electron chi connectivity index (χ4n) is 3.78. The third-order valence-electron chi connectivity index (χ3n) is 4.67. The van der Waals surface area contributed by atoms with Crippen molar-refractivity contribution in [2.75, 3.05) is 0 Å². The molecule has 1 amide bonds. The maximum atomic E-state index is 12.5. The first-order chi connectivity index (χ1) is 10.2. The molecule has 3 aliphatic rings. The highest BCUT2D eigenvalue weighted by Gasteiger charge is 2.43. The molecule has 0 bridgehead atoms. The maximum Gasteiger partial charge on any atom is 0.231 e. The summed E-state index contributed by atoms with van der Waals surface area (Å²) in [7, 11) is 0. The van der Waals surface area contributed by atoms with Gasteiger partial charge in [-0.05, 0) is 24.0 Å². The zero-order valence-electron chi connectivity index (χ0n) is 11.6. The van der Waals surface area contributed by atoms with E-state index in [-0.39, 0.29) is 29.9 Å². The number of amides is 1. The lowest BCUT2D eigenvalue weighted by molar-refractivity contribution is -0.134. The quantitative estimate of drug-likeness (QED) is 0.684. The van der Waals surface area contributed by atoms with E-state index < -0.39 is 0 Å². The highest BCUT2D eigenvalue weighted by molar-refractivity contribution is 6.22. The first-order valence-electron chi connectivity index (χ1n) is 7.36. The van der Waals surface area contributed by atoms with E-state index in [4.69, 9.17) is 0 Å². The molecule has 0 spiro atoms. The normalized spacial score (nSPS) is 24.7. The second-order valence-corrected chi connectivity index (χ2v) is 5.88. The minimum Gasteiger partial charge on any atom is -0.307 e. The summed E-state index contributed by atoms with van der Waals surface area (Å²) in [6.45, 7) is 0. The van der Waals surface area contributed by atoms with Crippen LogP contribution in [0.25, 0.3) is 0 Å². The summed E-state index contributed by atoms with van der Waals surface area (Å²) < 4.78 is 0. The van der Waals surface area contributed by atoms with E-state index in [9.17, 15) is 14.4 Å². The molecule has 1 aliphatic carbocycles. The van der Waals surface area contributed by atoms with Crippen LogP contribution >= 0.6 is 0 Å². The number of carbonyl (C=O) groups excluding carboxylic acids is 3. The molecule has 0 saturated carbocycles. The molecule has 4 rings (SSSR count). The fourth-order valence-corrected chi connectivity index (χ4v) is 3.78. The van der Waals surface area contributed by atoms with Crippen LogP contribution in [-0.2, 0) is 20.8 Å². The summed E-state index contributed by atoms with van der Waals surface area (Å²) >= 11 is 0. The Labute approximate surface area is 122 Å². The lowest BCUT2D eigenvalue weighted by atomic mass is 9.79. The molecule has 2 aliphatic heterocycles. The molecule has 4 nitrogen and oxygen atoms in total. The molecule has 2 heterocycles. The van der Waals surface area contributed by atoms with E-state index in [0.717, 1.165) is 17.5 Å². The number of fused-ring (bicyclic) bond motifs is 4. The van der Waals surface area contributed by atoms with Gasteiger partial charge in [0.25, 0.3) is 0 Å². The van der Waals surface area contributed by atoms with Crippen LogP contribution in [0.4, 0.5) is 0 Å². The Hall–Kier alpha value is -2.23. The highest BCUT2D eigenvalue weighted by atomic mass is 16.2. The average molecular weight is 281 g/mol. The average Bonchev–Trinajstić information content (AvgIpc) is 2.47. The van der Waals surface area contributed by atoms with Crippen molar-refractivity contribution in [3.63, 3.8) is 0 Å². The van der Waals surface area contributed by atoms with Crippen molar-refractivity contribution in [3.8, 4) is 0 Å². The van der Waals surface area contributed by atoms with Gasteiger partial charge in [0.05, 0.1) is 18.0 Å². The molecular formula is C17H15NO3. The van der Waals surface area contributed by atoms with Crippen LogP contribution in [0.3, 0.4) is 0 Å². The SMILES string of the molecule is O=C1CCCC2=C1C(=O)CC1c3ccccc3CC(=O)N21. The van der Waals surface area contributed by atoms with Crippen LogP contribution in [0, 0.1) is 0 Å². The number of benzene rings is 1. The lowest BCUT2D eigenvalue weighted by Gasteiger charge is -2.43.